The quantitative estimate of drug-likeness (QED) is 0.800. The highest BCUT2D eigenvalue weighted by molar-refractivity contribution is 7.14. The van der Waals surface area contributed by atoms with Crippen molar-refractivity contribution in [1.82, 2.24) is 15.5 Å². The third kappa shape index (κ3) is 3.47. The largest absolute Gasteiger partial charge is 0.361 e. The molecule has 2 aromatic rings. The number of amides is 2. The number of hydrogen-bond acceptors (Lipinski definition) is 5. The molecule has 1 fully saturated rings. The highest BCUT2D eigenvalue weighted by Gasteiger charge is 2.28. The highest BCUT2D eigenvalue weighted by Crippen LogP contribution is 2.43. The van der Waals surface area contributed by atoms with E-state index in [0.29, 0.717) is 12.5 Å². The number of rotatable bonds is 6. The number of thiazole rings is 1. The molecule has 22 heavy (non-hydrogen) atoms. The van der Waals surface area contributed by atoms with E-state index in [1.807, 2.05) is 13.8 Å². The Kier molecular flexibility index (Phi) is 4.42. The topological polar surface area (TPSA) is 80.0 Å². The van der Waals surface area contributed by atoms with Crippen LogP contribution in [0.2, 0.25) is 0 Å². The monoisotopic (exact) mass is 320 g/mol. The Morgan fingerprint density at radius 2 is 2.27 bits per heavy atom. The molecule has 0 atom stereocenters. The second-order valence-electron chi connectivity index (χ2n) is 5.63. The molecule has 1 aliphatic rings. The van der Waals surface area contributed by atoms with Gasteiger partial charge in [0.05, 0.1) is 16.9 Å². The molecule has 2 heterocycles. The Labute approximate surface area is 133 Å². The first-order valence-corrected chi connectivity index (χ1v) is 8.43. The normalized spacial score (nSPS) is 14.1. The summed E-state index contributed by atoms with van der Waals surface area (Å²) in [5.41, 5.74) is 4.90. The van der Waals surface area contributed by atoms with Gasteiger partial charge in [-0.25, -0.2) is 9.78 Å². The van der Waals surface area contributed by atoms with E-state index in [1.54, 1.807) is 5.51 Å². The molecule has 0 aliphatic heterocycles. The summed E-state index contributed by atoms with van der Waals surface area (Å²) in [5, 5.41) is 10.6. The molecule has 0 spiro atoms. The summed E-state index contributed by atoms with van der Waals surface area (Å²) in [7, 11) is 0. The Morgan fingerprint density at radius 3 is 2.95 bits per heavy atom. The molecule has 0 radical (unpaired) electrons. The number of aryl methyl sites for hydroxylation is 2. The van der Waals surface area contributed by atoms with E-state index < -0.39 is 0 Å². The number of nitrogens with zero attached hydrogens (tertiary/aromatic N) is 2. The lowest BCUT2D eigenvalue weighted by atomic mass is 10.1. The third-order valence-corrected chi connectivity index (χ3v) is 4.61. The van der Waals surface area contributed by atoms with Crippen LogP contribution in [0.1, 0.15) is 47.9 Å². The maximum Gasteiger partial charge on any atom is 0.319 e. The molecule has 6 nitrogen and oxygen atoms in total. The standard InChI is InChI=1S/C15H20N4O2S/c1-9-12(10(2)21-19-9)4-3-7-16-15(20)18-14-13(11-5-6-11)17-8-22-14/h8,11H,3-7H2,1-2H3,(H2,16,18,20). The van der Waals surface area contributed by atoms with Crippen LogP contribution in [-0.4, -0.2) is 22.7 Å². The minimum atomic E-state index is -0.162. The lowest BCUT2D eigenvalue weighted by molar-refractivity contribution is 0.252. The van der Waals surface area contributed by atoms with Crippen LogP contribution < -0.4 is 10.6 Å². The minimum absolute atomic E-state index is 0.162. The van der Waals surface area contributed by atoms with E-state index >= 15 is 0 Å². The minimum Gasteiger partial charge on any atom is -0.361 e. The van der Waals surface area contributed by atoms with Gasteiger partial charge in [-0.1, -0.05) is 5.16 Å². The Hall–Kier alpha value is -1.89. The molecule has 118 valence electrons. The molecule has 1 saturated carbocycles. The zero-order chi connectivity index (χ0) is 15.5. The van der Waals surface area contributed by atoms with Crippen LogP contribution in [0.4, 0.5) is 9.80 Å². The molecular formula is C15H20N4O2S. The Balaban J connectivity index is 1.42. The number of nitrogens with one attached hydrogen (secondary N) is 2. The zero-order valence-corrected chi connectivity index (χ0v) is 13.6. The third-order valence-electron chi connectivity index (χ3n) is 3.86. The van der Waals surface area contributed by atoms with Crippen molar-refractivity contribution in [3.05, 3.63) is 28.2 Å². The van der Waals surface area contributed by atoms with Crippen LogP contribution in [0.3, 0.4) is 0 Å². The maximum absolute atomic E-state index is 11.9. The molecule has 0 bridgehead atoms. The van der Waals surface area contributed by atoms with Crippen molar-refractivity contribution in [2.45, 2.75) is 45.4 Å². The molecule has 2 aromatic heterocycles. The molecule has 0 saturated heterocycles. The average Bonchev–Trinajstić information content (AvgIpc) is 3.16. The highest BCUT2D eigenvalue weighted by atomic mass is 32.1. The van der Waals surface area contributed by atoms with Gasteiger partial charge in [0, 0.05) is 18.0 Å². The van der Waals surface area contributed by atoms with E-state index in [1.165, 1.54) is 24.2 Å². The van der Waals surface area contributed by atoms with Crippen LogP contribution in [0.15, 0.2) is 10.0 Å². The van der Waals surface area contributed by atoms with E-state index in [9.17, 15) is 4.79 Å². The van der Waals surface area contributed by atoms with Crippen LogP contribution in [0, 0.1) is 13.8 Å². The first-order valence-electron chi connectivity index (χ1n) is 7.55. The van der Waals surface area contributed by atoms with Crippen molar-refractivity contribution >= 4 is 22.4 Å². The summed E-state index contributed by atoms with van der Waals surface area (Å²) < 4.78 is 5.13. The van der Waals surface area contributed by atoms with Gasteiger partial charge in [-0.2, -0.15) is 0 Å². The van der Waals surface area contributed by atoms with Gasteiger partial charge in [-0.3, -0.25) is 5.32 Å². The molecule has 2 amide bonds. The van der Waals surface area contributed by atoms with Crippen molar-refractivity contribution in [3.8, 4) is 0 Å². The summed E-state index contributed by atoms with van der Waals surface area (Å²) in [6.07, 6.45) is 4.07. The Bertz CT molecular complexity index is 641. The fourth-order valence-electron chi connectivity index (χ4n) is 2.47. The van der Waals surface area contributed by atoms with Crippen LogP contribution in [0.5, 0.6) is 0 Å². The molecule has 3 rings (SSSR count). The SMILES string of the molecule is Cc1noc(C)c1CCCNC(=O)Nc1scnc1C1CC1. The van der Waals surface area contributed by atoms with Crippen LogP contribution >= 0.6 is 11.3 Å². The fourth-order valence-corrected chi connectivity index (χ4v) is 3.23. The predicted molar refractivity (Wildman–Crippen MR) is 85.4 cm³/mol. The summed E-state index contributed by atoms with van der Waals surface area (Å²) in [5.74, 6) is 1.40. The molecule has 0 unspecified atom stereocenters. The van der Waals surface area contributed by atoms with Gasteiger partial charge in [0.15, 0.2) is 0 Å². The van der Waals surface area contributed by atoms with E-state index in [0.717, 1.165) is 40.6 Å². The number of aromatic nitrogens is 2. The predicted octanol–water partition coefficient (Wildman–Crippen LogP) is 3.38. The number of hydrogen-bond donors (Lipinski definition) is 2. The average molecular weight is 320 g/mol. The second-order valence-corrected chi connectivity index (χ2v) is 6.48. The summed E-state index contributed by atoms with van der Waals surface area (Å²) in [6.45, 7) is 4.47. The van der Waals surface area contributed by atoms with Crippen LogP contribution in [0.25, 0.3) is 0 Å². The summed E-state index contributed by atoms with van der Waals surface area (Å²) in [6, 6.07) is -0.162. The summed E-state index contributed by atoms with van der Waals surface area (Å²) >= 11 is 1.48. The fraction of sp³-hybridized carbons (Fsp3) is 0.533. The molecule has 0 aromatic carbocycles. The van der Waals surface area contributed by atoms with Gasteiger partial charge in [-0.15, -0.1) is 11.3 Å². The van der Waals surface area contributed by atoms with E-state index in [2.05, 4.69) is 20.8 Å². The van der Waals surface area contributed by atoms with Gasteiger partial charge in [0.2, 0.25) is 0 Å². The van der Waals surface area contributed by atoms with Crippen molar-refractivity contribution in [3.63, 3.8) is 0 Å². The Morgan fingerprint density at radius 1 is 1.45 bits per heavy atom. The van der Waals surface area contributed by atoms with Gasteiger partial charge in [-0.05, 0) is 39.5 Å². The van der Waals surface area contributed by atoms with Crippen LogP contribution in [-0.2, 0) is 6.42 Å². The van der Waals surface area contributed by atoms with Crippen molar-refractivity contribution < 1.29 is 9.32 Å². The van der Waals surface area contributed by atoms with E-state index in [-0.39, 0.29) is 6.03 Å². The molecular weight excluding hydrogens is 300 g/mol. The number of urea groups is 1. The van der Waals surface area contributed by atoms with Crippen molar-refractivity contribution in [1.29, 1.82) is 0 Å². The van der Waals surface area contributed by atoms with Crippen molar-refractivity contribution in [2.75, 3.05) is 11.9 Å². The van der Waals surface area contributed by atoms with Gasteiger partial charge < -0.3 is 9.84 Å². The van der Waals surface area contributed by atoms with Gasteiger partial charge >= 0.3 is 6.03 Å². The first-order chi connectivity index (χ1) is 10.6. The number of anilines is 1. The summed E-state index contributed by atoms with van der Waals surface area (Å²) in [4.78, 5) is 16.3. The number of carbonyl (C=O) groups excluding carboxylic acids is 1. The lowest BCUT2D eigenvalue weighted by Gasteiger charge is -2.07. The van der Waals surface area contributed by atoms with Gasteiger partial charge in [0.1, 0.15) is 10.8 Å². The van der Waals surface area contributed by atoms with Gasteiger partial charge in [0.25, 0.3) is 0 Å². The lowest BCUT2D eigenvalue weighted by Crippen LogP contribution is -2.29. The second kappa shape index (κ2) is 6.48. The van der Waals surface area contributed by atoms with E-state index in [4.69, 9.17) is 4.52 Å². The molecule has 1 aliphatic carbocycles. The molecule has 2 N–H and O–H groups in total. The number of carbonyl (C=O) groups is 1. The van der Waals surface area contributed by atoms with Crippen molar-refractivity contribution in [2.24, 2.45) is 0 Å². The smallest absolute Gasteiger partial charge is 0.319 e. The first kappa shape index (κ1) is 15.0. The maximum atomic E-state index is 11.9. The zero-order valence-electron chi connectivity index (χ0n) is 12.8. The molecule has 7 heteroatoms.